The van der Waals surface area contributed by atoms with Gasteiger partial charge in [-0.25, -0.2) is 22.8 Å². The second kappa shape index (κ2) is 8.03. The molecule has 0 radical (unpaired) electrons. The third-order valence-corrected chi connectivity index (χ3v) is 5.02. The van der Waals surface area contributed by atoms with Crippen LogP contribution in [0.5, 0.6) is 5.75 Å². The largest absolute Gasteiger partial charge is 0.444 e. The molecule has 5 nitrogen and oxygen atoms in total. The van der Waals surface area contributed by atoms with Crippen LogP contribution >= 0.6 is 0 Å². The predicted octanol–water partition coefficient (Wildman–Crippen LogP) is 4.62. The fourth-order valence-electron chi connectivity index (χ4n) is 3.48. The molecule has 0 saturated heterocycles. The molecular weight excluding hydrogens is 413 g/mol. The standard InChI is InChI=1S/C20H22F5NO4/c1-20(2,3)30-19(28)26-16(10(8-4-5-8)9-6-7-9)18(27)29-17-14(24)12(22)11(21)13(23)15(17)25/h8-10,16H,4-7H2,1-3H3,(H,26,28)/t16-/m0/s1. The molecule has 2 aliphatic rings. The molecule has 0 heterocycles. The lowest BCUT2D eigenvalue weighted by Gasteiger charge is -2.28. The average molecular weight is 435 g/mol. The molecule has 2 saturated carbocycles. The van der Waals surface area contributed by atoms with Crippen LogP contribution in [0.1, 0.15) is 46.5 Å². The van der Waals surface area contributed by atoms with Crippen molar-refractivity contribution in [3.63, 3.8) is 0 Å². The van der Waals surface area contributed by atoms with E-state index in [0.29, 0.717) is 0 Å². The van der Waals surface area contributed by atoms with Gasteiger partial charge in [-0.1, -0.05) is 0 Å². The molecular formula is C20H22F5NO4. The molecule has 0 bridgehead atoms. The topological polar surface area (TPSA) is 64.6 Å². The summed E-state index contributed by atoms with van der Waals surface area (Å²) in [6, 6.07) is -1.35. The third kappa shape index (κ3) is 4.84. The number of rotatable bonds is 6. The van der Waals surface area contributed by atoms with Crippen LogP contribution in [0.3, 0.4) is 0 Å². The highest BCUT2D eigenvalue weighted by Crippen LogP contribution is 2.51. The summed E-state index contributed by atoms with van der Waals surface area (Å²) in [5.74, 6) is -14.6. The zero-order valence-corrected chi connectivity index (χ0v) is 16.7. The SMILES string of the molecule is CC(C)(C)OC(=O)N[C@H](C(=O)Oc1c(F)c(F)c(F)c(F)c1F)C(C1CC1)C1CC1. The van der Waals surface area contributed by atoms with Crippen LogP contribution in [-0.4, -0.2) is 23.7 Å². The van der Waals surface area contributed by atoms with Crippen molar-refractivity contribution in [3.8, 4) is 5.75 Å². The molecule has 1 aromatic rings. The molecule has 2 fully saturated rings. The van der Waals surface area contributed by atoms with E-state index < -0.39 is 58.5 Å². The number of benzene rings is 1. The summed E-state index contributed by atoms with van der Waals surface area (Å²) < 4.78 is 77.8. The number of nitrogens with one attached hydrogen (secondary N) is 1. The van der Waals surface area contributed by atoms with Crippen LogP contribution in [0.25, 0.3) is 0 Å². The van der Waals surface area contributed by atoms with Gasteiger partial charge in [0.25, 0.3) is 0 Å². The van der Waals surface area contributed by atoms with Gasteiger partial charge in [-0.15, -0.1) is 0 Å². The van der Waals surface area contributed by atoms with E-state index in [4.69, 9.17) is 4.74 Å². The predicted molar refractivity (Wildman–Crippen MR) is 94.0 cm³/mol. The van der Waals surface area contributed by atoms with Gasteiger partial charge in [0.2, 0.25) is 34.8 Å². The number of halogens is 5. The molecule has 0 aliphatic heterocycles. The molecule has 0 aromatic heterocycles. The number of amides is 1. The average Bonchev–Trinajstić information content (AvgIpc) is 3.54. The molecule has 0 unspecified atom stereocenters. The minimum Gasteiger partial charge on any atom is -0.444 e. The second-order valence-electron chi connectivity index (χ2n) is 8.70. The smallest absolute Gasteiger partial charge is 0.408 e. The Morgan fingerprint density at radius 2 is 1.30 bits per heavy atom. The first-order valence-corrected chi connectivity index (χ1v) is 9.63. The Hall–Kier alpha value is -2.39. The van der Waals surface area contributed by atoms with E-state index in [-0.39, 0.29) is 17.8 Å². The van der Waals surface area contributed by atoms with E-state index in [1.165, 1.54) is 0 Å². The van der Waals surface area contributed by atoms with Crippen molar-refractivity contribution in [3.05, 3.63) is 29.1 Å². The van der Waals surface area contributed by atoms with E-state index in [2.05, 4.69) is 10.1 Å². The van der Waals surface area contributed by atoms with Crippen LogP contribution < -0.4 is 10.1 Å². The van der Waals surface area contributed by atoms with Crippen molar-refractivity contribution < 1.29 is 41.0 Å². The molecule has 3 rings (SSSR count). The summed E-state index contributed by atoms with van der Waals surface area (Å²) in [6.07, 6.45) is 2.23. The van der Waals surface area contributed by atoms with Crippen LogP contribution in [0.4, 0.5) is 26.7 Å². The zero-order chi connectivity index (χ0) is 22.4. The molecule has 1 aromatic carbocycles. The van der Waals surface area contributed by atoms with Crippen LogP contribution in [0.2, 0.25) is 0 Å². The van der Waals surface area contributed by atoms with Crippen LogP contribution in [-0.2, 0) is 9.53 Å². The van der Waals surface area contributed by atoms with Crippen molar-refractivity contribution in [2.75, 3.05) is 0 Å². The first-order valence-electron chi connectivity index (χ1n) is 9.63. The Morgan fingerprint density at radius 1 is 0.867 bits per heavy atom. The maximum absolute atomic E-state index is 13.9. The summed E-state index contributed by atoms with van der Waals surface area (Å²) >= 11 is 0. The highest BCUT2D eigenvalue weighted by atomic mass is 19.2. The fraction of sp³-hybridized carbons (Fsp3) is 0.600. The van der Waals surface area contributed by atoms with Gasteiger partial charge in [-0.05, 0) is 64.2 Å². The molecule has 1 atom stereocenters. The Labute approximate surface area is 169 Å². The number of carbonyl (C=O) groups excluding carboxylic acids is 2. The maximum atomic E-state index is 13.9. The molecule has 0 spiro atoms. The molecule has 1 amide bonds. The second-order valence-corrected chi connectivity index (χ2v) is 8.70. The first-order chi connectivity index (χ1) is 13.9. The first kappa shape index (κ1) is 22.3. The van der Waals surface area contributed by atoms with E-state index in [0.717, 1.165) is 25.7 Å². The molecule has 2 aliphatic carbocycles. The maximum Gasteiger partial charge on any atom is 0.408 e. The molecule has 1 N–H and O–H groups in total. The minimum atomic E-state index is -2.36. The van der Waals surface area contributed by atoms with Crippen molar-refractivity contribution in [2.24, 2.45) is 17.8 Å². The lowest BCUT2D eigenvalue weighted by atomic mass is 9.89. The number of carbonyl (C=O) groups is 2. The van der Waals surface area contributed by atoms with Gasteiger partial charge in [-0.3, -0.25) is 0 Å². The van der Waals surface area contributed by atoms with Gasteiger partial charge in [0.05, 0.1) is 0 Å². The highest BCUT2D eigenvalue weighted by Gasteiger charge is 2.49. The monoisotopic (exact) mass is 435 g/mol. The van der Waals surface area contributed by atoms with Gasteiger partial charge in [0.1, 0.15) is 11.6 Å². The number of alkyl carbamates (subject to hydrolysis) is 1. The van der Waals surface area contributed by atoms with Gasteiger partial charge in [-0.2, -0.15) is 8.78 Å². The van der Waals surface area contributed by atoms with E-state index in [9.17, 15) is 31.5 Å². The summed E-state index contributed by atoms with van der Waals surface area (Å²) in [5, 5.41) is 2.37. The summed E-state index contributed by atoms with van der Waals surface area (Å²) in [6.45, 7) is 4.82. The van der Waals surface area contributed by atoms with Crippen molar-refractivity contribution in [2.45, 2.75) is 58.1 Å². The summed E-state index contributed by atoms with van der Waals surface area (Å²) in [7, 11) is 0. The lowest BCUT2D eigenvalue weighted by Crippen LogP contribution is -2.50. The number of hydrogen-bond donors (Lipinski definition) is 1. The van der Waals surface area contributed by atoms with Crippen molar-refractivity contribution in [1.29, 1.82) is 0 Å². The minimum absolute atomic E-state index is 0.0846. The highest BCUT2D eigenvalue weighted by molar-refractivity contribution is 5.83. The quantitative estimate of drug-likeness (QED) is 0.233. The molecule has 10 heteroatoms. The molecule has 166 valence electrons. The Morgan fingerprint density at radius 3 is 1.70 bits per heavy atom. The Bertz CT molecular complexity index is 821. The fourth-order valence-corrected chi connectivity index (χ4v) is 3.48. The van der Waals surface area contributed by atoms with Crippen LogP contribution in [0.15, 0.2) is 0 Å². The zero-order valence-electron chi connectivity index (χ0n) is 16.7. The van der Waals surface area contributed by atoms with Crippen molar-refractivity contribution in [1.82, 2.24) is 5.32 Å². The number of esters is 1. The number of ether oxygens (including phenoxy) is 2. The lowest BCUT2D eigenvalue weighted by molar-refractivity contribution is -0.139. The normalized spacial score (nSPS) is 17.6. The van der Waals surface area contributed by atoms with Crippen molar-refractivity contribution >= 4 is 12.1 Å². The third-order valence-electron chi connectivity index (χ3n) is 5.02. The van der Waals surface area contributed by atoms with E-state index >= 15 is 0 Å². The van der Waals surface area contributed by atoms with Gasteiger partial charge < -0.3 is 14.8 Å². The Kier molecular flexibility index (Phi) is 5.97. The summed E-state index contributed by atoms with van der Waals surface area (Å²) in [4.78, 5) is 25.0. The van der Waals surface area contributed by atoms with Crippen LogP contribution in [0, 0.1) is 46.8 Å². The van der Waals surface area contributed by atoms with Gasteiger partial charge in [0, 0.05) is 0 Å². The summed E-state index contributed by atoms with van der Waals surface area (Å²) in [5.41, 5.74) is -0.880. The molecule has 30 heavy (non-hydrogen) atoms. The van der Waals surface area contributed by atoms with Gasteiger partial charge >= 0.3 is 12.1 Å². The number of hydrogen-bond acceptors (Lipinski definition) is 4. The van der Waals surface area contributed by atoms with Gasteiger partial charge in [0.15, 0.2) is 0 Å². The van der Waals surface area contributed by atoms with E-state index in [1.54, 1.807) is 20.8 Å². The Balaban J connectivity index is 1.88. The van der Waals surface area contributed by atoms with E-state index in [1.807, 2.05) is 0 Å².